The molecule has 0 spiro atoms. The summed E-state index contributed by atoms with van der Waals surface area (Å²) >= 11 is 0. The molecular weight excluding hydrogens is 353 g/mol. The van der Waals surface area contributed by atoms with E-state index < -0.39 is 6.04 Å². The van der Waals surface area contributed by atoms with E-state index in [4.69, 9.17) is 14.0 Å². The topological polar surface area (TPSA) is 86.5 Å². The van der Waals surface area contributed by atoms with Crippen molar-refractivity contribution < 1.29 is 23.2 Å². The van der Waals surface area contributed by atoms with Crippen LogP contribution in [0.25, 0.3) is 11.4 Å². The standard InChI is InChI=1S/C19H18FN3O4/c1-11(19-22-17(23-27-19)12-4-6-13(20)7-5-12)21-18(24)15-10-14(25-2)8-9-16(15)26-3/h4-11H,1-3H3,(H,21,24). The number of methoxy groups -OCH3 is 2. The lowest BCUT2D eigenvalue weighted by Crippen LogP contribution is -2.27. The lowest BCUT2D eigenvalue weighted by Gasteiger charge is -2.13. The molecule has 1 N–H and O–H groups in total. The number of hydrogen-bond donors (Lipinski definition) is 1. The molecule has 1 amide bonds. The molecule has 7 nitrogen and oxygen atoms in total. The minimum absolute atomic E-state index is 0.226. The van der Waals surface area contributed by atoms with E-state index in [1.165, 1.54) is 26.4 Å². The fraction of sp³-hybridized carbons (Fsp3) is 0.211. The average Bonchev–Trinajstić information content (AvgIpc) is 3.18. The smallest absolute Gasteiger partial charge is 0.255 e. The first-order valence-electron chi connectivity index (χ1n) is 8.14. The van der Waals surface area contributed by atoms with Gasteiger partial charge in [-0.2, -0.15) is 4.98 Å². The van der Waals surface area contributed by atoms with Crippen molar-refractivity contribution in [3.8, 4) is 22.9 Å². The van der Waals surface area contributed by atoms with Crippen molar-refractivity contribution in [2.45, 2.75) is 13.0 Å². The maximum absolute atomic E-state index is 13.0. The Balaban J connectivity index is 1.77. The van der Waals surface area contributed by atoms with Crippen molar-refractivity contribution in [3.05, 3.63) is 59.7 Å². The molecule has 140 valence electrons. The van der Waals surface area contributed by atoms with Gasteiger partial charge in [0, 0.05) is 5.56 Å². The Morgan fingerprint density at radius 1 is 1.15 bits per heavy atom. The van der Waals surface area contributed by atoms with Gasteiger partial charge in [0.15, 0.2) is 0 Å². The molecule has 0 fully saturated rings. The monoisotopic (exact) mass is 371 g/mol. The van der Waals surface area contributed by atoms with E-state index in [1.807, 2.05) is 0 Å². The summed E-state index contributed by atoms with van der Waals surface area (Å²) in [6, 6.07) is 10.1. The summed E-state index contributed by atoms with van der Waals surface area (Å²) < 4.78 is 28.6. The lowest BCUT2D eigenvalue weighted by molar-refractivity contribution is 0.0929. The molecule has 0 aliphatic heterocycles. The Bertz CT molecular complexity index is 940. The maximum Gasteiger partial charge on any atom is 0.255 e. The van der Waals surface area contributed by atoms with Crippen molar-refractivity contribution in [1.29, 1.82) is 0 Å². The molecular formula is C19H18FN3O4. The summed E-state index contributed by atoms with van der Waals surface area (Å²) in [5.41, 5.74) is 0.932. The van der Waals surface area contributed by atoms with Crippen LogP contribution in [0.5, 0.6) is 11.5 Å². The molecule has 0 saturated carbocycles. The second kappa shape index (κ2) is 7.86. The number of ether oxygens (including phenoxy) is 2. The number of halogens is 1. The van der Waals surface area contributed by atoms with Crippen LogP contribution in [-0.4, -0.2) is 30.3 Å². The summed E-state index contributed by atoms with van der Waals surface area (Å²) in [6.45, 7) is 1.71. The van der Waals surface area contributed by atoms with Crippen molar-refractivity contribution in [3.63, 3.8) is 0 Å². The highest BCUT2D eigenvalue weighted by Gasteiger charge is 2.20. The molecule has 0 bridgehead atoms. The van der Waals surface area contributed by atoms with E-state index >= 15 is 0 Å². The third kappa shape index (κ3) is 4.05. The molecule has 1 unspecified atom stereocenters. The molecule has 3 aromatic rings. The summed E-state index contributed by atoms with van der Waals surface area (Å²) in [7, 11) is 3.00. The number of nitrogens with zero attached hydrogens (tertiary/aromatic N) is 2. The largest absolute Gasteiger partial charge is 0.497 e. The fourth-order valence-electron chi connectivity index (χ4n) is 2.45. The van der Waals surface area contributed by atoms with E-state index in [0.29, 0.717) is 28.5 Å². The zero-order chi connectivity index (χ0) is 19.4. The molecule has 1 heterocycles. The van der Waals surface area contributed by atoms with Crippen LogP contribution in [0.4, 0.5) is 4.39 Å². The normalized spacial score (nSPS) is 11.7. The summed E-state index contributed by atoms with van der Waals surface area (Å²) in [5, 5.41) is 6.66. The van der Waals surface area contributed by atoms with E-state index in [1.54, 1.807) is 37.3 Å². The fourth-order valence-corrected chi connectivity index (χ4v) is 2.45. The molecule has 27 heavy (non-hydrogen) atoms. The Morgan fingerprint density at radius 2 is 1.89 bits per heavy atom. The molecule has 2 aromatic carbocycles. The molecule has 0 radical (unpaired) electrons. The molecule has 0 saturated heterocycles. The maximum atomic E-state index is 13.0. The van der Waals surface area contributed by atoms with Gasteiger partial charge in [-0.25, -0.2) is 4.39 Å². The Labute approximate surface area is 155 Å². The Hall–Kier alpha value is -3.42. The van der Waals surface area contributed by atoms with Crippen molar-refractivity contribution >= 4 is 5.91 Å². The quantitative estimate of drug-likeness (QED) is 0.715. The Kier molecular flexibility index (Phi) is 5.35. The first kappa shape index (κ1) is 18.4. The number of nitrogens with one attached hydrogen (secondary N) is 1. The van der Waals surface area contributed by atoms with Gasteiger partial charge in [0.1, 0.15) is 23.4 Å². The van der Waals surface area contributed by atoms with E-state index in [-0.39, 0.29) is 17.6 Å². The van der Waals surface area contributed by atoms with Crippen LogP contribution in [-0.2, 0) is 0 Å². The number of amides is 1. The lowest BCUT2D eigenvalue weighted by atomic mass is 10.1. The highest BCUT2D eigenvalue weighted by Crippen LogP contribution is 2.25. The number of benzene rings is 2. The molecule has 3 rings (SSSR count). The van der Waals surface area contributed by atoms with E-state index in [0.717, 1.165) is 0 Å². The van der Waals surface area contributed by atoms with Gasteiger partial charge in [-0.15, -0.1) is 0 Å². The zero-order valence-electron chi connectivity index (χ0n) is 15.0. The van der Waals surface area contributed by atoms with Gasteiger partial charge in [0.2, 0.25) is 11.7 Å². The minimum Gasteiger partial charge on any atom is -0.497 e. The molecule has 0 aliphatic rings. The van der Waals surface area contributed by atoms with Gasteiger partial charge >= 0.3 is 0 Å². The first-order valence-corrected chi connectivity index (χ1v) is 8.14. The van der Waals surface area contributed by atoms with Crippen molar-refractivity contribution in [2.75, 3.05) is 14.2 Å². The van der Waals surface area contributed by atoms with Gasteiger partial charge in [0.25, 0.3) is 5.91 Å². The van der Waals surface area contributed by atoms with Crippen molar-refractivity contribution in [2.24, 2.45) is 0 Å². The van der Waals surface area contributed by atoms with Crippen LogP contribution in [0.1, 0.15) is 29.2 Å². The predicted octanol–water partition coefficient (Wildman–Crippen LogP) is 3.38. The highest BCUT2D eigenvalue weighted by molar-refractivity contribution is 5.97. The van der Waals surface area contributed by atoms with Crippen molar-refractivity contribution in [1.82, 2.24) is 15.5 Å². The average molecular weight is 371 g/mol. The number of rotatable bonds is 6. The van der Waals surface area contributed by atoms with Crippen LogP contribution in [0.15, 0.2) is 47.0 Å². The molecule has 1 aromatic heterocycles. The second-order valence-electron chi connectivity index (χ2n) is 5.72. The van der Waals surface area contributed by atoms with Gasteiger partial charge in [-0.05, 0) is 49.4 Å². The van der Waals surface area contributed by atoms with Crippen LogP contribution < -0.4 is 14.8 Å². The molecule has 1 atom stereocenters. The van der Waals surface area contributed by atoms with Gasteiger partial charge in [-0.3, -0.25) is 4.79 Å². The number of hydrogen-bond acceptors (Lipinski definition) is 6. The number of aromatic nitrogens is 2. The van der Waals surface area contributed by atoms with Crippen LogP contribution in [0.2, 0.25) is 0 Å². The Morgan fingerprint density at radius 3 is 2.56 bits per heavy atom. The van der Waals surface area contributed by atoms with Gasteiger partial charge in [0.05, 0.1) is 19.8 Å². The predicted molar refractivity (Wildman–Crippen MR) is 95.1 cm³/mol. The second-order valence-corrected chi connectivity index (χ2v) is 5.72. The summed E-state index contributed by atoms with van der Waals surface area (Å²) in [4.78, 5) is 16.9. The van der Waals surface area contributed by atoms with E-state index in [9.17, 15) is 9.18 Å². The third-order valence-corrected chi connectivity index (χ3v) is 3.91. The van der Waals surface area contributed by atoms with Gasteiger partial charge < -0.3 is 19.3 Å². The zero-order valence-corrected chi connectivity index (χ0v) is 15.0. The van der Waals surface area contributed by atoms with Gasteiger partial charge in [-0.1, -0.05) is 5.16 Å². The number of carbonyl (C=O) groups is 1. The summed E-state index contributed by atoms with van der Waals surface area (Å²) in [5.74, 6) is 0.757. The SMILES string of the molecule is COc1ccc(OC)c(C(=O)NC(C)c2nc(-c3ccc(F)cc3)no2)c1. The van der Waals surface area contributed by atoms with Crippen LogP contribution in [0.3, 0.4) is 0 Å². The van der Waals surface area contributed by atoms with E-state index in [2.05, 4.69) is 15.5 Å². The molecule has 8 heteroatoms. The highest BCUT2D eigenvalue weighted by atomic mass is 19.1. The first-order chi connectivity index (χ1) is 13.0. The number of carbonyl (C=O) groups excluding carboxylic acids is 1. The molecule has 0 aliphatic carbocycles. The van der Waals surface area contributed by atoms with Crippen LogP contribution in [0, 0.1) is 5.82 Å². The van der Waals surface area contributed by atoms with Crippen LogP contribution >= 0.6 is 0 Å². The third-order valence-electron chi connectivity index (χ3n) is 3.91. The summed E-state index contributed by atoms with van der Waals surface area (Å²) in [6.07, 6.45) is 0. The minimum atomic E-state index is -0.546.